The van der Waals surface area contributed by atoms with Gasteiger partial charge >= 0.3 is 0 Å². The fourth-order valence-electron chi connectivity index (χ4n) is 2.70. The lowest BCUT2D eigenvalue weighted by Crippen LogP contribution is -2.39. The third kappa shape index (κ3) is 3.20. The molecule has 0 aliphatic heterocycles. The molecule has 2 unspecified atom stereocenters. The van der Waals surface area contributed by atoms with E-state index in [4.69, 9.17) is 17.3 Å². The Hall–Kier alpha value is -1.16. The Bertz CT molecular complexity index is 612. The highest BCUT2D eigenvalue weighted by molar-refractivity contribution is 6.35. The van der Waals surface area contributed by atoms with Crippen molar-refractivity contribution < 1.29 is 0 Å². The molecule has 0 fully saturated rings. The quantitative estimate of drug-likeness (QED) is 0.912. The van der Waals surface area contributed by atoms with Crippen LogP contribution in [0.5, 0.6) is 0 Å². The average Bonchev–Trinajstić information content (AvgIpc) is 2.49. The van der Waals surface area contributed by atoms with E-state index in [1.165, 1.54) is 0 Å². The van der Waals surface area contributed by atoms with Crippen molar-refractivity contribution in [2.45, 2.75) is 32.9 Å². The maximum absolute atomic E-state index is 6.28. The molecule has 4 heteroatoms. The van der Waals surface area contributed by atoms with E-state index >= 15 is 0 Å². The lowest BCUT2D eigenvalue weighted by atomic mass is 9.97. The maximum atomic E-state index is 6.28. The van der Waals surface area contributed by atoms with Gasteiger partial charge in [-0.1, -0.05) is 31.5 Å². The lowest BCUT2D eigenvalue weighted by molar-refractivity contribution is 0.152. The van der Waals surface area contributed by atoms with Gasteiger partial charge in [0, 0.05) is 35.2 Å². The number of nitrogens with two attached hydrogens (primary N) is 1. The van der Waals surface area contributed by atoms with Gasteiger partial charge in [0.1, 0.15) is 0 Å². The molecule has 0 spiro atoms. The lowest BCUT2D eigenvalue weighted by Gasteiger charge is -2.35. The van der Waals surface area contributed by atoms with E-state index in [2.05, 4.69) is 43.8 Å². The minimum atomic E-state index is 0.136. The van der Waals surface area contributed by atoms with Crippen LogP contribution in [0, 0.1) is 5.92 Å². The number of likely N-dealkylation sites (N-methyl/N-ethyl adjacent to an activating group) is 1. The number of fused-ring (bicyclic) bond motifs is 1. The molecule has 0 bridgehead atoms. The molecule has 114 valence electrons. The number of halogens is 1. The summed E-state index contributed by atoms with van der Waals surface area (Å²) in [6, 6.07) is 8.49. The summed E-state index contributed by atoms with van der Waals surface area (Å²) in [5.74, 6) is 0.565. The zero-order valence-electron chi connectivity index (χ0n) is 13.2. The van der Waals surface area contributed by atoms with Crippen molar-refractivity contribution in [3.63, 3.8) is 0 Å². The molecule has 0 amide bonds. The van der Waals surface area contributed by atoms with Gasteiger partial charge in [-0.05, 0) is 43.7 Å². The summed E-state index contributed by atoms with van der Waals surface area (Å²) in [5, 5.41) is 1.72. The predicted molar refractivity (Wildman–Crippen MR) is 90.6 cm³/mol. The second-order valence-corrected chi connectivity index (χ2v) is 6.34. The molecular formula is C17H24ClN3. The third-order valence-corrected chi connectivity index (χ3v) is 4.76. The second-order valence-electron chi connectivity index (χ2n) is 5.94. The molecule has 0 aliphatic rings. The molecule has 2 N–H and O–H groups in total. The standard InChI is InChI=1S/C17H24ClN3/c1-11(2)12(3)21(4)16(10-19)14-7-8-15(18)13-6-5-9-20-17(13)14/h5-9,11-12,16H,10,19H2,1-4H3. The molecular weight excluding hydrogens is 282 g/mol. The molecule has 0 radical (unpaired) electrons. The van der Waals surface area contributed by atoms with Crippen LogP contribution in [-0.4, -0.2) is 29.5 Å². The van der Waals surface area contributed by atoms with Gasteiger partial charge in [-0.3, -0.25) is 9.88 Å². The topological polar surface area (TPSA) is 42.1 Å². The van der Waals surface area contributed by atoms with Crippen LogP contribution < -0.4 is 5.73 Å². The van der Waals surface area contributed by atoms with Gasteiger partial charge in [-0.2, -0.15) is 0 Å². The van der Waals surface area contributed by atoms with Crippen molar-refractivity contribution in [2.75, 3.05) is 13.6 Å². The van der Waals surface area contributed by atoms with Gasteiger partial charge in [-0.25, -0.2) is 0 Å². The van der Waals surface area contributed by atoms with E-state index in [0.29, 0.717) is 18.5 Å². The van der Waals surface area contributed by atoms with E-state index in [1.54, 1.807) is 0 Å². The fraction of sp³-hybridized carbons (Fsp3) is 0.471. The Morgan fingerprint density at radius 2 is 1.95 bits per heavy atom. The summed E-state index contributed by atoms with van der Waals surface area (Å²) in [6.45, 7) is 7.25. The van der Waals surface area contributed by atoms with Crippen LogP contribution in [0.1, 0.15) is 32.4 Å². The molecule has 0 saturated heterocycles. The molecule has 2 aromatic rings. The monoisotopic (exact) mass is 305 g/mol. The van der Waals surface area contributed by atoms with E-state index < -0.39 is 0 Å². The molecule has 3 nitrogen and oxygen atoms in total. The van der Waals surface area contributed by atoms with Crippen LogP contribution in [0.25, 0.3) is 10.9 Å². The number of hydrogen-bond acceptors (Lipinski definition) is 3. The Morgan fingerprint density at radius 1 is 1.24 bits per heavy atom. The highest BCUT2D eigenvalue weighted by Crippen LogP contribution is 2.31. The highest BCUT2D eigenvalue weighted by Gasteiger charge is 2.24. The van der Waals surface area contributed by atoms with Crippen LogP contribution in [-0.2, 0) is 0 Å². The van der Waals surface area contributed by atoms with E-state index in [-0.39, 0.29) is 6.04 Å². The van der Waals surface area contributed by atoms with E-state index in [1.807, 2.05) is 24.4 Å². The predicted octanol–water partition coefficient (Wildman–Crippen LogP) is 3.86. The smallest absolute Gasteiger partial charge is 0.0765 e. The SMILES string of the molecule is CC(C)C(C)N(C)C(CN)c1ccc(Cl)c2cccnc12. The first-order chi connectivity index (χ1) is 9.97. The highest BCUT2D eigenvalue weighted by atomic mass is 35.5. The van der Waals surface area contributed by atoms with Gasteiger partial charge < -0.3 is 5.73 Å². The zero-order chi connectivity index (χ0) is 15.6. The van der Waals surface area contributed by atoms with Gasteiger partial charge in [0.2, 0.25) is 0 Å². The zero-order valence-corrected chi connectivity index (χ0v) is 13.9. The number of nitrogens with zero attached hydrogens (tertiary/aromatic N) is 2. The maximum Gasteiger partial charge on any atom is 0.0765 e. The Morgan fingerprint density at radius 3 is 2.57 bits per heavy atom. The molecule has 2 atom stereocenters. The van der Waals surface area contributed by atoms with E-state index in [9.17, 15) is 0 Å². The van der Waals surface area contributed by atoms with Crippen molar-refractivity contribution in [2.24, 2.45) is 11.7 Å². The molecule has 0 aliphatic carbocycles. The van der Waals surface area contributed by atoms with Crippen LogP contribution in [0.3, 0.4) is 0 Å². The molecule has 1 aromatic carbocycles. The van der Waals surface area contributed by atoms with Crippen molar-refractivity contribution in [1.82, 2.24) is 9.88 Å². The van der Waals surface area contributed by atoms with Crippen molar-refractivity contribution >= 4 is 22.5 Å². The van der Waals surface area contributed by atoms with Crippen molar-refractivity contribution in [3.05, 3.63) is 41.0 Å². The van der Waals surface area contributed by atoms with Crippen molar-refractivity contribution in [1.29, 1.82) is 0 Å². The summed E-state index contributed by atoms with van der Waals surface area (Å²) in [5.41, 5.74) is 8.16. The third-order valence-electron chi connectivity index (χ3n) is 4.43. The summed E-state index contributed by atoms with van der Waals surface area (Å²) >= 11 is 6.28. The van der Waals surface area contributed by atoms with Gasteiger partial charge in [0.25, 0.3) is 0 Å². The van der Waals surface area contributed by atoms with Gasteiger partial charge in [-0.15, -0.1) is 0 Å². The second kappa shape index (κ2) is 6.73. The number of pyridine rings is 1. The molecule has 2 rings (SSSR count). The summed E-state index contributed by atoms with van der Waals surface area (Å²) in [4.78, 5) is 6.87. The Balaban J connectivity index is 2.50. The molecule has 1 aromatic heterocycles. The first-order valence-electron chi connectivity index (χ1n) is 7.42. The van der Waals surface area contributed by atoms with Gasteiger partial charge in [0.05, 0.1) is 5.52 Å². The number of benzene rings is 1. The minimum Gasteiger partial charge on any atom is -0.329 e. The number of hydrogen-bond donors (Lipinski definition) is 1. The summed E-state index contributed by atoms with van der Waals surface area (Å²) in [6.07, 6.45) is 1.81. The van der Waals surface area contributed by atoms with Crippen LogP contribution in [0.15, 0.2) is 30.5 Å². The Labute approximate surface area is 132 Å². The van der Waals surface area contributed by atoms with Gasteiger partial charge in [0.15, 0.2) is 0 Å². The molecule has 1 heterocycles. The first kappa shape index (κ1) is 16.2. The normalized spacial score (nSPS) is 14.9. The minimum absolute atomic E-state index is 0.136. The molecule has 21 heavy (non-hydrogen) atoms. The van der Waals surface area contributed by atoms with Crippen LogP contribution in [0.4, 0.5) is 0 Å². The average molecular weight is 306 g/mol. The Kier molecular flexibility index (Phi) is 5.20. The van der Waals surface area contributed by atoms with Crippen molar-refractivity contribution in [3.8, 4) is 0 Å². The largest absolute Gasteiger partial charge is 0.329 e. The number of rotatable bonds is 5. The molecule has 0 saturated carbocycles. The number of aromatic nitrogens is 1. The summed E-state index contributed by atoms with van der Waals surface area (Å²) < 4.78 is 0. The fourth-order valence-corrected chi connectivity index (χ4v) is 2.91. The first-order valence-corrected chi connectivity index (χ1v) is 7.80. The summed E-state index contributed by atoms with van der Waals surface area (Å²) in [7, 11) is 2.13. The van der Waals surface area contributed by atoms with Crippen LogP contribution >= 0.6 is 11.6 Å². The van der Waals surface area contributed by atoms with Crippen LogP contribution in [0.2, 0.25) is 5.02 Å². The van der Waals surface area contributed by atoms with E-state index in [0.717, 1.165) is 21.5 Å².